The molecule has 0 saturated heterocycles. The van der Waals surface area contributed by atoms with Gasteiger partial charge in [-0.05, 0) is 49.4 Å². The normalized spacial score (nSPS) is 10.4. The van der Waals surface area contributed by atoms with Gasteiger partial charge in [0.2, 0.25) is 0 Å². The summed E-state index contributed by atoms with van der Waals surface area (Å²) in [4.78, 5) is 23.8. The molecule has 8 heteroatoms. The van der Waals surface area contributed by atoms with E-state index in [1.165, 1.54) is 19.4 Å². The number of ether oxygens (including phenoxy) is 2. The molecular weight excluding hydrogens is 350 g/mol. The molecule has 0 heterocycles. The van der Waals surface area contributed by atoms with Crippen LogP contribution in [-0.2, 0) is 4.79 Å². The standard InChI is InChI=1S/C19H21N3O5/c1-3-27-15-6-4-13(5-7-15)19(25)20-12-18(24)22-21-11-14-10-16(26-2)8-9-17(14)23/h4-11,23H,3,12H2,1-2H3,(H,20,25)(H,22,24)/b21-11+. The molecule has 3 N–H and O–H groups in total. The van der Waals surface area contributed by atoms with Gasteiger partial charge in [0.15, 0.2) is 0 Å². The van der Waals surface area contributed by atoms with Gasteiger partial charge in [0.1, 0.15) is 17.2 Å². The third-order valence-corrected chi connectivity index (χ3v) is 3.46. The summed E-state index contributed by atoms with van der Waals surface area (Å²) in [7, 11) is 1.50. The van der Waals surface area contributed by atoms with Crippen LogP contribution in [0.3, 0.4) is 0 Å². The Labute approximate surface area is 156 Å². The number of phenolic OH excluding ortho intramolecular Hbond substituents is 1. The summed E-state index contributed by atoms with van der Waals surface area (Å²) < 4.78 is 10.4. The van der Waals surface area contributed by atoms with Crippen LogP contribution in [0.2, 0.25) is 0 Å². The van der Waals surface area contributed by atoms with Crippen molar-refractivity contribution in [3.05, 3.63) is 53.6 Å². The number of hydrazone groups is 1. The highest BCUT2D eigenvalue weighted by Gasteiger charge is 2.08. The van der Waals surface area contributed by atoms with E-state index < -0.39 is 5.91 Å². The largest absolute Gasteiger partial charge is 0.507 e. The number of benzene rings is 2. The molecule has 27 heavy (non-hydrogen) atoms. The van der Waals surface area contributed by atoms with E-state index in [0.29, 0.717) is 29.2 Å². The fourth-order valence-electron chi connectivity index (χ4n) is 2.11. The number of hydrogen-bond acceptors (Lipinski definition) is 6. The molecule has 0 atom stereocenters. The summed E-state index contributed by atoms with van der Waals surface area (Å²) in [5, 5.41) is 16.0. The van der Waals surface area contributed by atoms with Crippen LogP contribution in [-0.4, -0.2) is 43.4 Å². The number of rotatable bonds is 8. The predicted octanol–water partition coefficient (Wildman–Crippen LogP) is 1.68. The summed E-state index contributed by atoms with van der Waals surface area (Å²) in [6.07, 6.45) is 1.28. The fraction of sp³-hybridized carbons (Fsp3) is 0.211. The molecule has 0 aliphatic carbocycles. The average Bonchev–Trinajstić information content (AvgIpc) is 2.68. The van der Waals surface area contributed by atoms with E-state index in [9.17, 15) is 14.7 Å². The molecule has 0 spiro atoms. The maximum atomic E-state index is 12.0. The monoisotopic (exact) mass is 371 g/mol. The van der Waals surface area contributed by atoms with E-state index in [1.54, 1.807) is 36.4 Å². The van der Waals surface area contributed by atoms with Gasteiger partial charge in [-0.15, -0.1) is 0 Å². The summed E-state index contributed by atoms with van der Waals surface area (Å²) in [6, 6.07) is 11.2. The maximum Gasteiger partial charge on any atom is 0.259 e. The van der Waals surface area contributed by atoms with Gasteiger partial charge in [0, 0.05) is 11.1 Å². The van der Waals surface area contributed by atoms with Gasteiger partial charge in [-0.3, -0.25) is 9.59 Å². The minimum atomic E-state index is -0.507. The lowest BCUT2D eigenvalue weighted by atomic mass is 10.2. The van der Waals surface area contributed by atoms with Crippen LogP contribution in [0.15, 0.2) is 47.6 Å². The first-order valence-electron chi connectivity index (χ1n) is 8.23. The Kier molecular flexibility index (Phi) is 7.18. The van der Waals surface area contributed by atoms with Gasteiger partial charge < -0.3 is 19.9 Å². The number of amides is 2. The second kappa shape index (κ2) is 9.81. The molecular formula is C19H21N3O5. The third kappa shape index (κ3) is 6.03. The number of nitrogens with one attached hydrogen (secondary N) is 2. The zero-order chi connectivity index (χ0) is 19.6. The topological polar surface area (TPSA) is 109 Å². The van der Waals surface area contributed by atoms with Crippen LogP contribution >= 0.6 is 0 Å². The summed E-state index contributed by atoms with van der Waals surface area (Å²) >= 11 is 0. The number of carbonyl (C=O) groups is 2. The molecule has 0 aliphatic heterocycles. The predicted molar refractivity (Wildman–Crippen MR) is 100 cm³/mol. The summed E-state index contributed by atoms with van der Waals surface area (Å²) in [6.45, 7) is 2.17. The van der Waals surface area contributed by atoms with E-state index in [1.807, 2.05) is 6.92 Å². The van der Waals surface area contributed by atoms with E-state index in [0.717, 1.165) is 0 Å². The van der Waals surface area contributed by atoms with Crippen molar-refractivity contribution in [3.63, 3.8) is 0 Å². The number of methoxy groups -OCH3 is 1. The van der Waals surface area contributed by atoms with Crippen molar-refractivity contribution >= 4 is 18.0 Å². The molecule has 0 fully saturated rings. The lowest BCUT2D eigenvalue weighted by Gasteiger charge is -2.06. The summed E-state index contributed by atoms with van der Waals surface area (Å²) in [5.41, 5.74) is 3.07. The van der Waals surface area contributed by atoms with Crippen molar-refractivity contribution < 1.29 is 24.2 Å². The van der Waals surface area contributed by atoms with Crippen LogP contribution in [0.5, 0.6) is 17.2 Å². The molecule has 0 saturated carbocycles. The highest BCUT2D eigenvalue weighted by atomic mass is 16.5. The Morgan fingerprint density at radius 2 is 1.85 bits per heavy atom. The first kappa shape index (κ1) is 19.8. The Bertz CT molecular complexity index is 819. The van der Waals surface area contributed by atoms with Crippen molar-refractivity contribution in [2.75, 3.05) is 20.3 Å². The van der Waals surface area contributed by atoms with E-state index >= 15 is 0 Å². The minimum Gasteiger partial charge on any atom is -0.507 e. The third-order valence-electron chi connectivity index (χ3n) is 3.46. The molecule has 2 rings (SSSR count). The van der Waals surface area contributed by atoms with Crippen LogP contribution in [0.25, 0.3) is 0 Å². The molecule has 0 radical (unpaired) electrons. The molecule has 0 aliphatic rings. The van der Waals surface area contributed by atoms with Crippen molar-refractivity contribution in [1.29, 1.82) is 0 Å². The molecule has 2 aromatic rings. The van der Waals surface area contributed by atoms with E-state index in [4.69, 9.17) is 9.47 Å². The number of carbonyl (C=O) groups excluding carboxylic acids is 2. The number of nitrogens with zero attached hydrogens (tertiary/aromatic N) is 1. The SMILES string of the molecule is CCOc1ccc(C(=O)NCC(=O)N/N=C/c2cc(OC)ccc2O)cc1. The van der Waals surface area contributed by atoms with Crippen LogP contribution in [0.4, 0.5) is 0 Å². The van der Waals surface area contributed by atoms with Crippen molar-refractivity contribution in [1.82, 2.24) is 10.7 Å². The quantitative estimate of drug-likeness (QED) is 0.483. The zero-order valence-electron chi connectivity index (χ0n) is 15.1. The molecule has 0 unspecified atom stereocenters. The Hall–Kier alpha value is -3.55. The molecule has 2 aromatic carbocycles. The van der Waals surface area contributed by atoms with Crippen LogP contribution in [0, 0.1) is 0 Å². The number of phenols is 1. The highest BCUT2D eigenvalue weighted by Crippen LogP contribution is 2.20. The average molecular weight is 371 g/mol. The van der Waals surface area contributed by atoms with E-state index in [-0.39, 0.29) is 18.2 Å². The highest BCUT2D eigenvalue weighted by molar-refractivity contribution is 5.96. The lowest BCUT2D eigenvalue weighted by molar-refractivity contribution is -0.120. The number of aromatic hydroxyl groups is 1. The minimum absolute atomic E-state index is 0.00222. The molecule has 142 valence electrons. The molecule has 0 bridgehead atoms. The van der Waals surface area contributed by atoms with Gasteiger partial charge in [0.25, 0.3) is 11.8 Å². The smallest absolute Gasteiger partial charge is 0.259 e. The van der Waals surface area contributed by atoms with Gasteiger partial charge in [0.05, 0.1) is 26.5 Å². The second-order valence-corrected chi connectivity index (χ2v) is 5.36. The van der Waals surface area contributed by atoms with Gasteiger partial charge in [-0.25, -0.2) is 5.43 Å². The van der Waals surface area contributed by atoms with E-state index in [2.05, 4.69) is 15.8 Å². The maximum absolute atomic E-state index is 12.0. The summed E-state index contributed by atoms with van der Waals surface area (Å²) in [5.74, 6) is 0.318. The van der Waals surface area contributed by atoms with Gasteiger partial charge in [-0.1, -0.05) is 0 Å². The van der Waals surface area contributed by atoms with Crippen molar-refractivity contribution in [3.8, 4) is 17.2 Å². The Morgan fingerprint density at radius 3 is 2.52 bits per heavy atom. The zero-order valence-corrected chi connectivity index (χ0v) is 15.1. The van der Waals surface area contributed by atoms with Crippen molar-refractivity contribution in [2.24, 2.45) is 5.10 Å². The molecule has 2 amide bonds. The number of hydrogen-bond donors (Lipinski definition) is 3. The second-order valence-electron chi connectivity index (χ2n) is 5.36. The first-order valence-corrected chi connectivity index (χ1v) is 8.23. The fourth-order valence-corrected chi connectivity index (χ4v) is 2.11. The Balaban J connectivity index is 1.82. The molecule has 0 aromatic heterocycles. The van der Waals surface area contributed by atoms with Crippen molar-refractivity contribution in [2.45, 2.75) is 6.92 Å². The van der Waals surface area contributed by atoms with Crippen LogP contribution in [0.1, 0.15) is 22.8 Å². The first-order chi connectivity index (χ1) is 13.0. The molecule has 8 nitrogen and oxygen atoms in total. The van der Waals surface area contributed by atoms with Crippen LogP contribution < -0.4 is 20.2 Å². The van der Waals surface area contributed by atoms with Gasteiger partial charge >= 0.3 is 0 Å². The Morgan fingerprint density at radius 1 is 1.15 bits per heavy atom. The van der Waals surface area contributed by atoms with Gasteiger partial charge in [-0.2, -0.15) is 5.10 Å². The lowest BCUT2D eigenvalue weighted by Crippen LogP contribution is -2.34.